The third-order valence-electron chi connectivity index (χ3n) is 3.75. The third-order valence-corrected chi connectivity index (χ3v) is 3.75. The first-order valence-corrected chi connectivity index (χ1v) is 6.66. The summed E-state index contributed by atoms with van der Waals surface area (Å²) in [5.41, 5.74) is 5.09. The molecule has 4 heteroatoms. The molecule has 4 nitrogen and oxygen atoms in total. The van der Waals surface area contributed by atoms with E-state index in [9.17, 15) is 4.79 Å². The summed E-state index contributed by atoms with van der Waals surface area (Å²) < 4.78 is 0. The highest BCUT2D eigenvalue weighted by molar-refractivity contribution is 5.85. The third kappa shape index (κ3) is 3.42. The molecule has 0 bridgehead atoms. The molecule has 3 N–H and O–H groups in total. The molecule has 1 aliphatic carbocycles. The van der Waals surface area contributed by atoms with Gasteiger partial charge in [-0.3, -0.25) is 4.79 Å². The molecule has 0 aromatic heterocycles. The van der Waals surface area contributed by atoms with Crippen LogP contribution in [0, 0.1) is 5.92 Å². The number of hydrogen-bond acceptors (Lipinski definition) is 3. The number of nitrogens with zero attached hydrogens (tertiary/aromatic N) is 1. The number of nitrogens with two attached hydrogens (primary N) is 1. The van der Waals surface area contributed by atoms with Crippen LogP contribution in [0.15, 0.2) is 0 Å². The Morgan fingerprint density at radius 2 is 2.24 bits per heavy atom. The maximum absolute atomic E-state index is 11.6. The van der Waals surface area contributed by atoms with Crippen molar-refractivity contribution in [1.82, 2.24) is 10.2 Å². The lowest BCUT2D eigenvalue weighted by molar-refractivity contribution is -0.124. The van der Waals surface area contributed by atoms with E-state index in [1.165, 1.54) is 0 Å². The number of nitrogens with one attached hydrogen (secondary N) is 1. The van der Waals surface area contributed by atoms with E-state index in [4.69, 9.17) is 5.73 Å². The Balaban J connectivity index is 2.63. The molecule has 1 aliphatic rings. The van der Waals surface area contributed by atoms with Crippen molar-refractivity contribution in [3.63, 3.8) is 0 Å². The van der Waals surface area contributed by atoms with Crippen molar-refractivity contribution in [3.8, 4) is 0 Å². The van der Waals surface area contributed by atoms with Crippen LogP contribution in [0.5, 0.6) is 0 Å². The van der Waals surface area contributed by atoms with Crippen LogP contribution in [0.1, 0.15) is 40.0 Å². The minimum atomic E-state index is -0.468. The summed E-state index contributed by atoms with van der Waals surface area (Å²) in [6, 6.07) is 0.476. The Hall–Kier alpha value is -0.610. The summed E-state index contributed by atoms with van der Waals surface area (Å²) in [5.74, 6) is 0.461. The Bertz CT molecular complexity index is 267. The Kier molecular flexibility index (Phi) is 4.95. The minimum Gasteiger partial charge on any atom is -0.368 e. The van der Waals surface area contributed by atoms with Gasteiger partial charge < -0.3 is 16.0 Å². The number of amides is 1. The number of rotatable bonds is 6. The average molecular weight is 241 g/mol. The summed E-state index contributed by atoms with van der Waals surface area (Å²) in [4.78, 5) is 14.0. The van der Waals surface area contributed by atoms with Crippen molar-refractivity contribution in [2.24, 2.45) is 11.7 Å². The normalized spacial score (nSPS) is 29.2. The molecule has 17 heavy (non-hydrogen) atoms. The second kappa shape index (κ2) is 5.83. The van der Waals surface area contributed by atoms with Crippen LogP contribution in [0.25, 0.3) is 0 Å². The zero-order valence-corrected chi connectivity index (χ0v) is 11.6. The summed E-state index contributed by atoms with van der Waals surface area (Å²) in [6.07, 6.45) is 2.77. The van der Waals surface area contributed by atoms with Gasteiger partial charge in [0.15, 0.2) is 0 Å². The van der Waals surface area contributed by atoms with Gasteiger partial charge in [0.1, 0.15) is 0 Å². The largest absolute Gasteiger partial charge is 0.368 e. The Morgan fingerprint density at radius 1 is 1.59 bits per heavy atom. The number of hydrogen-bond donors (Lipinski definition) is 2. The molecule has 0 aliphatic heterocycles. The van der Waals surface area contributed by atoms with Gasteiger partial charge in [-0.1, -0.05) is 20.8 Å². The number of carbonyl (C=O) groups is 1. The minimum absolute atomic E-state index is 0.195. The molecule has 0 spiro atoms. The van der Waals surface area contributed by atoms with Gasteiger partial charge in [-0.25, -0.2) is 0 Å². The first-order chi connectivity index (χ1) is 7.91. The summed E-state index contributed by atoms with van der Waals surface area (Å²) in [5, 5.41) is 3.29. The highest BCUT2D eigenvalue weighted by atomic mass is 16.1. The van der Waals surface area contributed by atoms with Crippen LogP contribution in [0.4, 0.5) is 0 Å². The van der Waals surface area contributed by atoms with Crippen molar-refractivity contribution in [2.75, 3.05) is 20.1 Å². The van der Waals surface area contributed by atoms with E-state index >= 15 is 0 Å². The lowest BCUT2D eigenvalue weighted by atomic mass is 9.96. The van der Waals surface area contributed by atoms with E-state index in [1.807, 2.05) is 6.92 Å². The molecule has 2 atom stereocenters. The Morgan fingerprint density at radius 3 is 2.71 bits per heavy atom. The predicted octanol–water partition coefficient (Wildman–Crippen LogP) is 0.960. The fourth-order valence-corrected chi connectivity index (χ4v) is 2.93. The van der Waals surface area contributed by atoms with Gasteiger partial charge in [-0.05, 0) is 38.8 Å². The van der Waals surface area contributed by atoms with Crippen LogP contribution in [-0.2, 0) is 4.79 Å². The van der Waals surface area contributed by atoms with Gasteiger partial charge in [-0.15, -0.1) is 0 Å². The van der Waals surface area contributed by atoms with Crippen LogP contribution in [0.2, 0.25) is 0 Å². The maximum Gasteiger partial charge on any atom is 0.237 e. The summed E-state index contributed by atoms with van der Waals surface area (Å²) in [6.45, 7) is 8.33. The number of carbonyl (C=O) groups excluding carboxylic acids is 1. The molecule has 1 amide bonds. The van der Waals surface area contributed by atoms with Crippen molar-refractivity contribution in [3.05, 3.63) is 0 Å². The molecular formula is C13H27N3O. The van der Waals surface area contributed by atoms with Gasteiger partial charge in [0.05, 0.1) is 5.54 Å². The molecule has 1 saturated carbocycles. The van der Waals surface area contributed by atoms with Crippen LogP contribution < -0.4 is 11.1 Å². The van der Waals surface area contributed by atoms with E-state index in [1.54, 1.807) is 0 Å². The van der Waals surface area contributed by atoms with Gasteiger partial charge in [-0.2, -0.15) is 0 Å². The molecule has 0 saturated heterocycles. The predicted molar refractivity (Wildman–Crippen MR) is 70.7 cm³/mol. The van der Waals surface area contributed by atoms with E-state index in [0.29, 0.717) is 12.0 Å². The quantitative estimate of drug-likeness (QED) is 0.728. The van der Waals surface area contributed by atoms with Gasteiger partial charge in [0, 0.05) is 12.6 Å². The zero-order valence-electron chi connectivity index (χ0n) is 11.6. The fraction of sp³-hybridized carbons (Fsp3) is 0.923. The van der Waals surface area contributed by atoms with E-state index in [-0.39, 0.29) is 5.91 Å². The fourth-order valence-electron chi connectivity index (χ4n) is 2.93. The molecule has 0 radical (unpaired) electrons. The number of primary amides is 1. The molecule has 0 heterocycles. The van der Waals surface area contributed by atoms with E-state index < -0.39 is 5.54 Å². The van der Waals surface area contributed by atoms with Crippen LogP contribution in [0.3, 0.4) is 0 Å². The zero-order chi connectivity index (χ0) is 13.1. The molecule has 100 valence electrons. The van der Waals surface area contributed by atoms with Crippen molar-refractivity contribution < 1.29 is 4.79 Å². The van der Waals surface area contributed by atoms with E-state index in [2.05, 4.69) is 31.1 Å². The molecule has 1 rings (SSSR count). The van der Waals surface area contributed by atoms with E-state index in [0.717, 1.165) is 32.4 Å². The molecule has 0 aromatic carbocycles. The van der Waals surface area contributed by atoms with Gasteiger partial charge >= 0.3 is 0 Å². The molecule has 0 aromatic rings. The second-order valence-corrected chi connectivity index (χ2v) is 5.71. The molecular weight excluding hydrogens is 214 g/mol. The highest BCUT2D eigenvalue weighted by Gasteiger charge is 2.44. The first-order valence-electron chi connectivity index (χ1n) is 6.66. The molecule has 2 unspecified atom stereocenters. The average Bonchev–Trinajstić information content (AvgIpc) is 2.63. The smallest absolute Gasteiger partial charge is 0.237 e. The SMILES string of the molecule is CCNC1(C(N)=O)CCC(N(C)CC(C)C)C1. The van der Waals surface area contributed by atoms with Gasteiger partial charge in [0.25, 0.3) is 0 Å². The highest BCUT2D eigenvalue weighted by Crippen LogP contribution is 2.32. The summed E-state index contributed by atoms with van der Waals surface area (Å²) in [7, 11) is 2.15. The lowest BCUT2D eigenvalue weighted by Crippen LogP contribution is -2.54. The van der Waals surface area contributed by atoms with Crippen molar-refractivity contribution >= 4 is 5.91 Å². The van der Waals surface area contributed by atoms with Crippen LogP contribution in [-0.4, -0.2) is 42.5 Å². The maximum atomic E-state index is 11.6. The van der Waals surface area contributed by atoms with Crippen molar-refractivity contribution in [2.45, 2.75) is 51.6 Å². The van der Waals surface area contributed by atoms with Crippen molar-refractivity contribution in [1.29, 1.82) is 0 Å². The molecule has 1 fully saturated rings. The standard InChI is InChI=1S/C13H27N3O/c1-5-15-13(12(14)17)7-6-11(8-13)16(4)9-10(2)3/h10-11,15H,5-9H2,1-4H3,(H2,14,17). The second-order valence-electron chi connectivity index (χ2n) is 5.71. The topological polar surface area (TPSA) is 58.4 Å². The monoisotopic (exact) mass is 241 g/mol. The van der Waals surface area contributed by atoms with Crippen LogP contribution >= 0.6 is 0 Å². The summed E-state index contributed by atoms with van der Waals surface area (Å²) >= 11 is 0. The number of likely N-dealkylation sites (N-methyl/N-ethyl adjacent to an activating group) is 1. The lowest BCUT2D eigenvalue weighted by Gasteiger charge is -2.30. The first kappa shape index (κ1) is 14.5. The van der Waals surface area contributed by atoms with Gasteiger partial charge in [0.2, 0.25) is 5.91 Å². The Labute approximate surface area is 105 Å².